The molecule has 1 heterocycles. The fourth-order valence-electron chi connectivity index (χ4n) is 2.57. The summed E-state index contributed by atoms with van der Waals surface area (Å²) in [7, 11) is 1.63. The summed E-state index contributed by atoms with van der Waals surface area (Å²) < 4.78 is 44.4. The van der Waals surface area contributed by atoms with E-state index in [9.17, 15) is 13.2 Å². The molecule has 0 aromatic heterocycles. The van der Waals surface area contributed by atoms with E-state index in [0.717, 1.165) is 19.4 Å². The highest BCUT2D eigenvalue weighted by atomic mass is 19.4. The van der Waals surface area contributed by atoms with E-state index in [0.29, 0.717) is 12.2 Å². The summed E-state index contributed by atoms with van der Waals surface area (Å²) in [4.78, 5) is 1.94. The normalized spacial score (nSPS) is 20.2. The van der Waals surface area contributed by atoms with E-state index in [1.54, 1.807) is 13.2 Å². The maximum absolute atomic E-state index is 13.0. The minimum Gasteiger partial charge on any atom is -0.380 e. The van der Waals surface area contributed by atoms with Gasteiger partial charge in [0.05, 0.1) is 11.7 Å². The zero-order valence-corrected chi connectivity index (χ0v) is 11.4. The molecule has 1 saturated heterocycles. The molecule has 0 saturated carbocycles. The van der Waals surface area contributed by atoms with Crippen LogP contribution in [-0.2, 0) is 17.5 Å². The van der Waals surface area contributed by atoms with Crippen molar-refractivity contribution in [2.75, 3.05) is 25.1 Å². The average molecular weight is 288 g/mol. The molecule has 0 bridgehead atoms. The van der Waals surface area contributed by atoms with E-state index in [1.165, 1.54) is 12.1 Å². The summed E-state index contributed by atoms with van der Waals surface area (Å²) in [6.45, 7) is 1.25. The van der Waals surface area contributed by atoms with Gasteiger partial charge >= 0.3 is 6.18 Å². The van der Waals surface area contributed by atoms with Crippen molar-refractivity contribution >= 4 is 5.69 Å². The molecule has 20 heavy (non-hydrogen) atoms. The van der Waals surface area contributed by atoms with Crippen LogP contribution in [0.1, 0.15) is 24.0 Å². The molecule has 1 aliphatic rings. The lowest BCUT2D eigenvalue weighted by molar-refractivity contribution is -0.138. The second-order valence-corrected chi connectivity index (χ2v) is 4.99. The van der Waals surface area contributed by atoms with Gasteiger partial charge in [-0.15, -0.1) is 0 Å². The molecule has 1 fully saturated rings. The first kappa shape index (κ1) is 15.1. The van der Waals surface area contributed by atoms with E-state index in [-0.39, 0.29) is 18.2 Å². The van der Waals surface area contributed by atoms with Gasteiger partial charge in [0.2, 0.25) is 0 Å². The number of piperidine rings is 1. The Balaban J connectivity index is 2.29. The molecule has 0 radical (unpaired) electrons. The molecule has 0 spiro atoms. The van der Waals surface area contributed by atoms with Crippen molar-refractivity contribution in [2.45, 2.75) is 31.7 Å². The van der Waals surface area contributed by atoms with Gasteiger partial charge in [-0.25, -0.2) is 0 Å². The van der Waals surface area contributed by atoms with E-state index in [4.69, 9.17) is 10.5 Å². The predicted octanol–water partition coefficient (Wildman–Crippen LogP) is 2.78. The van der Waals surface area contributed by atoms with E-state index in [1.807, 2.05) is 4.90 Å². The quantitative estimate of drug-likeness (QED) is 0.929. The van der Waals surface area contributed by atoms with Crippen molar-refractivity contribution in [2.24, 2.45) is 5.73 Å². The Labute approximate surface area is 116 Å². The molecule has 112 valence electrons. The van der Waals surface area contributed by atoms with E-state index < -0.39 is 11.7 Å². The van der Waals surface area contributed by atoms with Crippen molar-refractivity contribution in [3.8, 4) is 0 Å². The fourth-order valence-corrected chi connectivity index (χ4v) is 2.57. The number of nitrogens with two attached hydrogens (primary N) is 1. The second-order valence-electron chi connectivity index (χ2n) is 4.99. The summed E-state index contributed by atoms with van der Waals surface area (Å²) in [5, 5.41) is 0. The summed E-state index contributed by atoms with van der Waals surface area (Å²) in [5.41, 5.74) is 5.45. The minimum absolute atomic E-state index is 0.0762. The zero-order valence-electron chi connectivity index (χ0n) is 11.4. The molecule has 1 aliphatic heterocycles. The number of alkyl halides is 3. The van der Waals surface area contributed by atoms with Crippen molar-refractivity contribution in [3.63, 3.8) is 0 Å². The number of hydrogen-bond donors (Lipinski definition) is 1. The number of halogens is 3. The molecule has 0 aliphatic carbocycles. The summed E-state index contributed by atoms with van der Waals surface area (Å²) >= 11 is 0. The molecule has 1 unspecified atom stereocenters. The predicted molar refractivity (Wildman–Crippen MR) is 71.6 cm³/mol. The van der Waals surface area contributed by atoms with Crippen molar-refractivity contribution in [3.05, 3.63) is 29.3 Å². The number of rotatable bonds is 3. The first-order valence-electron chi connectivity index (χ1n) is 6.63. The van der Waals surface area contributed by atoms with Crippen LogP contribution in [0.5, 0.6) is 0 Å². The van der Waals surface area contributed by atoms with Crippen LogP contribution in [0.4, 0.5) is 18.9 Å². The number of ether oxygens (including phenoxy) is 1. The van der Waals surface area contributed by atoms with Gasteiger partial charge in [-0.3, -0.25) is 0 Å². The Bertz CT molecular complexity index is 462. The van der Waals surface area contributed by atoms with Crippen LogP contribution < -0.4 is 10.6 Å². The van der Waals surface area contributed by atoms with Crippen molar-refractivity contribution < 1.29 is 17.9 Å². The van der Waals surface area contributed by atoms with Crippen LogP contribution in [0.15, 0.2) is 18.2 Å². The van der Waals surface area contributed by atoms with Crippen LogP contribution in [0.25, 0.3) is 0 Å². The van der Waals surface area contributed by atoms with Gasteiger partial charge in [0, 0.05) is 32.4 Å². The second kappa shape index (κ2) is 6.01. The monoisotopic (exact) mass is 288 g/mol. The summed E-state index contributed by atoms with van der Waals surface area (Å²) in [6, 6.07) is 4.37. The Morgan fingerprint density at radius 3 is 2.75 bits per heavy atom. The molecular formula is C14H19F3N2O. The maximum atomic E-state index is 13.0. The summed E-state index contributed by atoms with van der Waals surface area (Å²) in [6.07, 6.45) is -2.44. The van der Waals surface area contributed by atoms with Crippen LogP contribution >= 0.6 is 0 Å². The summed E-state index contributed by atoms with van der Waals surface area (Å²) in [5.74, 6) is 0. The number of benzene rings is 1. The molecule has 1 aromatic rings. The zero-order chi connectivity index (χ0) is 14.8. The van der Waals surface area contributed by atoms with Gasteiger partial charge < -0.3 is 15.4 Å². The molecule has 1 aromatic carbocycles. The number of hydrogen-bond acceptors (Lipinski definition) is 3. The van der Waals surface area contributed by atoms with Crippen molar-refractivity contribution in [1.82, 2.24) is 0 Å². The maximum Gasteiger partial charge on any atom is 0.416 e. The SMILES string of the molecule is COC1CCCN(c2ccc(CN)c(C(F)(F)F)c2)C1. The topological polar surface area (TPSA) is 38.5 Å². The third-order valence-corrected chi connectivity index (χ3v) is 3.70. The van der Waals surface area contributed by atoms with Crippen LogP contribution in [0.2, 0.25) is 0 Å². The smallest absolute Gasteiger partial charge is 0.380 e. The Morgan fingerprint density at radius 1 is 1.40 bits per heavy atom. The standard InChI is InChI=1S/C14H19F3N2O/c1-20-12-3-2-6-19(9-12)11-5-4-10(8-18)13(7-11)14(15,16)17/h4-5,7,12H,2-3,6,8-9,18H2,1H3. The third kappa shape index (κ3) is 3.24. The van der Waals surface area contributed by atoms with Gasteiger partial charge in [-0.05, 0) is 30.5 Å². The molecule has 3 nitrogen and oxygen atoms in total. The lowest BCUT2D eigenvalue weighted by Gasteiger charge is -2.34. The molecule has 2 N–H and O–H groups in total. The Hall–Kier alpha value is -1.27. The molecule has 2 rings (SSSR count). The lowest BCUT2D eigenvalue weighted by Crippen LogP contribution is -2.39. The highest BCUT2D eigenvalue weighted by Gasteiger charge is 2.34. The lowest BCUT2D eigenvalue weighted by atomic mass is 10.0. The van der Waals surface area contributed by atoms with Crippen molar-refractivity contribution in [1.29, 1.82) is 0 Å². The highest BCUT2D eigenvalue weighted by Crippen LogP contribution is 2.35. The van der Waals surface area contributed by atoms with Gasteiger partial charge in [0.1, 0.15) is 0 Å². The molecule has 0 amide bonds. The Morgan fingerprint density at radius 2 is 2.15 bits per heavy atom. The van der Waals surface area contributed by atoms with Gasteiger partial charge in [-0.1, -0.05) is 6.07 Å². The number of anilines is 1. The first-order valence-corrected chi connectivity index (χ1v) is 6.63. The largest absolute Gasteiger partial charge is 0.416 e. The molecule has 6 heteroatoms. The van der Waals surface area contributed by atoms with Crippen LogP contribution in [0, 0.1) is 0 Å². The van der Waals surface area contributed by atoms with E-state index in [2.05, 4.69) is 0 Å². The number of nitrogens with zero attached hydrogens (tertiary/aromatic N) is 1. The van der Waals surface area contributed by atoms with Gasteiger partial charge in [0.25, 0.3) is 0 Å². The van der Waals surface area contributed by atoms with Gasteiger partial charge in [0.15, 0.2) is 0 Å². The minimum atomic E-state index is -4.37. The van der Waals surface area contributed by atoms with Crippen LogP contribution in [-0.4, -0.2) is 26.3 Å². The average Bonchev–Trinajstić information content (AvgIpc) is 2.45. The highest BCUT2D eigenvalue weighted by molar-refractivity contribution is 5.52. The Kier molecular flexibility index (Phi) is 4.55. The fraction of sp³-hybridized carbons (Fsp3) is 0.571. The van der Waals surface area contributed by atoms with E-state index >= 15 is 0 Å². The van der Waals surface area contributed by atoms with Crippen LogP contribution in [0.3, 0.4) is 0 Å². The van der Waals surface area contributed by atoms with Gasteiger partial charge in [-0.2, -0.15) is 13.2 Å². The molecular weight excluding hydrogens is 269 g/mol. The third-order valence-electron chi connectivity index (χ3n) is 3.70. The molecule has 1 atom stereocenters. The number of methoxy groups -OCH3 is 1. The first-order chi connectivity index (χ1) is 9.45.